The van der Waals surface area contributed by atoms with Gasteiger partial charge in [0.15, 0.2) is 0 Å². The van der Waals surface area contributed by atoms with Crippen molar-refractivity contribution in [3.05, 3.63) is 0 Å². The number of rotatable bonds is 10. The summed E-state index contributed by atoms with van der Waals surface area (Å²) in [4.78, 5) is 26.9. The number of carbonyl (C=O) groups is 2. The topological polar surface area (TPSA) is 66.8 Å². The number of carbonyl (C=O) groups excluding carboxylic acids is 1. The average molecular weight is 614 g/mol. The molecule has 5 aliphatic carbocycles. The number of fused-ring (bicyclic) bond motifs is 7. The molecule has 0 aromatic carbocycles. The Kier molecular flexibility index (Phi) is 9.22. The Balaban J connectivity index is 1.32. The number of carboxylic acid groups (broad SMARTS) is 1. The van der Waals surface area contributed by atoms with Crippen LogP contribution in [0.25, 0.3) is 0 Å². The number of hydrogen-bond donors (Lipinski definition) is 1. The van der Waals surface area contributed by atoms with E-state index in [-0.39, 0.29) is 35.7 Å². The van der Waals surface area contributed by atoms with Crippen LogP contribution in [0.4, 0.5) is 0 Å². The van der Waals surface area contributed by atoms with Gasteiger partial charge in [0, 0.05) is 5.41 Å². The third-order valence-corrected chi connectivity index (χ3v) is 15.8. The molecular weight excluding hydrogens is 546 g/mol. The third kappa shape index (κ3) is 5.59. The molecule has 0 spiro atoms. The first-order valence-electron chi connectivity index (χ1n) is 18.5. The van der Waals surface area contributed by atoms with Gasteiger partial charge in [0.2, 0.25) is 0 Å². The van der Waals surface area contributed by atoms with E-state index in [1.54, 1.807) is 0 Å². The fourth-order valence-electron chi connectivity index (χ4n) is 13.2. The summed E-state index contributed by atoms with van der Waals surface area (Å²) in [5.74, 6) is 1.98. The number of nitrogens with zero attached hydrogens (tertiary/aromatic N) is 1. The first-order chi connectivity index (χ1) is 20.4. The smallest absolute Gasteiger partial charge is 0.306 e. The maximum absolute atomic E-state index is 13.1. The fraction of sp³-hybridized carbons (Fsp3) is 0.949. The normalized spacial score (nSPS) is 43.0. The zero-order chi connectivity index (χ0) is 32.3. The van der Waals surface area contributed by atoms with Gasteiger partial charge in [-0.2, -0.15) is 0 Å². The maximum atomic E-state index is 13.1. The second-order valence-corrected chi connectivity index (χ2v) is 18.8. The average Bonchev–Trinajstić information content (AvgIpc) is 3.33. The predicted molar refractivity (Wildman–Crippen MR) is 178 cm³/mol. The molecule has 0 aliphatic heterocycles. The molecule has 5 rings (SSSR count). The Bertz CT molecular complexity index is 1080. The lowest BCUT2D eigenvalue weighted by Gasteiger charge is -2.72. The van der Waals surface area contributed by atoms with E-state index in [0.717, 1.165) is 37.1 Å². The van der Waals surface area contributed by atoms with E-state index in [1.807, 2.05) is 13.8 Å². The summed E-state index contributed by atoms with van der Waals surface area (Å²) < 4.78 is 6.26. The van der Waals surface area contributed by atoms with Crippen LogP contribution in [0.2, 0.25) is 0 Å². The van der Waals surface area contributed by atoms with Gasteiger partial charge in [0.25, 0.3) is 0 Å². The molecule has 5 saturated carbocycles. The number of aliphatic carboxylic acids is 1. The molecule has 5 fully saturated rings. The minimum Gasteiger partial charge on any atom is -0.481 e. The Hall–Kier alpha value is -1.10. The van der Waals surface area contributed by atoms with Gasteiger partial charge in [0.05, 0.1) is 12.8 Å². The van der Waals surface area contributed by atoms with Crippen molar-refractivity contribution in [2.24, 2.45) is 56.2 Å². The van der Waals surface area contributed by atoms with Crippen LogP contribution in [-0.4, -0.2) is 48.2 Å². The fourth-order valence-corrected chi connectivity index (χ4v) is 13.2. The van der Waals surface area contributed by atoms with Gasteiger partial charge in [-0.25, -0.2) is 0 Å². The predicted octanol–water partition coefficient (Wildman–Crippen LogP) is 9.38. The van der Waals surface area contributed by atoms with Crippen molar-refractivity contribution < 1.29 is 19.4 Å². The maximum Gasteiger partial charge on any atom is 0.306 e. The summed E-state index contributed by atoms with van der Waals surface area (Å²) in [5.41, 5.74) is 0.985. The highest BCUT2D eigenvalue weighted by molar-refractivity contribution is 5.73. The second kappa shape index (κ2) is 11.9. The van der Waals surface area contributed by atoms with E-state index in [0.29, 0.717) is 22.2 Å². The lowest BCUT2D eigenvalue weighted by atomic mass is 9.32. The van der Waals surface area contributed by atoms with Crippen molar-refractivity contribution in [2.75, 3.05) is 20.1 Å². The van der Waals surface area contributed by atoms with Gasteiger partial charge < -0.3 is 14.7 Å². The van der Waals surface area contributed by atoms with Crippen LogP contribution in [0.5, 0.6) is 0 Å². The summed E-state index contributed by atoms with van der Waals surface area (Å²) in [6, 6.07) is 0. The molecule has 44 heavy (non-hydrogen) atoms. The molecule has 0 heterocycles. The van der Waals surface area contributed by atoms with E-state index in [4.69, 9.17) is 4.74 Å². The van der Waals surface area contributed by atoms with Crippen LogP contribution in [0, 0.1) is 56.2 Å². The molecule has 252 valence electrons. The zero-order valence-corrected chi connectivity index (χ0v) is 30.0. The molecule has 5 nitrogen and oxygen atoms in total. The molecule has 9 atom stereocenters. The quantitative estimate of drug-likeness (QED) is 0.249. The highest BCUT2D eigenvalue weighted by Crippen LogP contribution is 2.77. The Morgan fingerprint density at radius 2 is 1.57 bits per heavy atom. The van der Waals surface area contributed by atoms with Gasteiger partial charge in [-0.1, -0.05) is 61.8 Å². The minimum absolute atomic E-state index is 0.0188. The molecule has 0 aromatic heterocycles. The van der Waals surface area contributed by atoms with Gasteiger partial charge in [-0.15, -0.1) is 0 Å². The van der Waals surface area contributed by atoms with E-state index >= 15 is 0 Å². The Morgan fingerprint density at radius 1 is 0.841 bits per heavy atom. The monoisotopic (exact) mass is 614 g/mol. The summed E-state index contributed by atoms with van der Waals surface area (Å²) in [6.07, 6.45) is 17.5. The van der Waals surface area contributed by atoms with E-state index in [9.17, 15) is 14.7 Å². The van der Waals surface area contributed by atoms with Crippen LogP contribution in [-0.2, 0) is 14.3 Å². The lowest BCUT2D eigenvalue weighted by molar-refractivity contribution is -0.249. The molecule has 2 unspecified atom stereocenters. The molecule has 0 amide bonds. The summed E-state index contributed by atoms with van der Waals surface area (Å²) in [7, 11) is 2.28. The number of hydrogen-bond acceptors (Lipinski definition) is 4. The van der Waals surface area contributed by atoms with Crippen molar-refractivity contribution in [1.82, 2.24) is 4.90 Å². The van der Waals surface area contributed by atoms with Crippen molar-refractivity contribution in [3.8, 4) is 0 Å². The zero-order valence-electron chi connectivity index (χ0n) is 30.0. The first kappa shape index (κ1) is 34.2. The van der Waals surface area contributed by atoms with E-state index in [1.165, 1.54) is 77.2 Å². The minimum atomic E-state index is -0.860. The molecule has 0 bridgehead atoms. The number of carboxylic acids is 1. The molecule has 0 saturated heterocycles. The van der Waals surface area contributed by atoms with Crippen LogP contribution < -0.4 is 0 Å². The lowest BCUT2D eigenvalue weighted by Crippen LogP contribution is -2.66. The first-order valence-corrected chi connectivity index (χ1v) is 18.5. The van der Waals surface area contributed by atoms with Crippen molar-refractivity contribution >= 4 is 11.9 Å². The van der Waals surface area contributed by atoms with Crippen molar-refractivity contribution in [3.63, 3.8) is 0 Å². The van der Waals surface area contributed by atoms with Gasteiger partial charge >= 0.3 is 11.9 Å². The molecule has 1 N–H and O–H groups in total. The summed E-state index contributed by atoms with van der Waals surface area (Å²) in [6.45, 7) is 21.2. The number of esters is 1. The van der Waals surface area contributed by atoms with Crippen LogP contribution in [0.3, 0.4) is 0 Å². The third-order valence-electron chi connectivity index (χ3n) is 15.8. The number of ether oxygens (including phenoxy) is 1. The molecule has 5 aliphatic rings. The Morgan fingerprint density at radius 3 is 2.25 bits per heavy atom. The van der Waals surface area contributed by atoms with E-state index in [2.05, 4.69) is 53.5 Å². The molecular formula is C39H67NO4. The highest BCUT2D eigenvalue weighted by atomic mass is 16.5. The highest BCUT2D eigenvalue weighted by Gasteiger charge is 2.70. The van der Waals surface area contributed by atoms with Gasteiger partial charge in [-0.3, -0.25) is 9.59 Å². The van der Waals surface area contributed by atoms with Crippen LogP contribution >= 0.6 is 0 Å². The van der Waals surface area contributed by atoms with Crippen molar-refractivity contribution in [2.45, 2.75) is 158 Å². The van der Waals surface area contributed by atoms with Gasteiger partial charge in [0.1, 0.15) is 6.10 Å². The second-order valence-electron chi connectivity index (χ2n) is 18.8. The standard InChI is InChI=1S/C39H67NO4/c1-10-40(9)24-12-19-39-18-11-13-28(39)27-14-15-30-36(6)20-17-31(44-33(43)26-34(2,3)25-32(41)42)35(4,5)29(36)16-21-38(30,8)37(27,7)22-23-39/h27-31H,10-26H2,1-9H3,(H,41,42)/t27-,28-,29?,30?,31+,36+,37-,38-,39+/m1/s1. The van der Waals surface area contributed by atoms with Gasteiger partial charge in [-0.05, 0) is 148 Å². The molecule has 0 radical (unpaired) electrons. The van der Waals surface area contributed by atoms with Crippen LogP contribution in [0.1, 0.15) is 152 Å². The SMILES string of the molecule is CCN(C)CCC[C@]12CCC[C@@H]1[C@H]1CCC3[C@@]4(C)CC[C@H](OC(=O)CC(C)(C)CC(=O)O)C(C)(C)C4CC[C@@]3(C)[C@]1(C)CC2. The Labute approximate surface area is 270 Å². The molecule has 5 heteroatoms. The summed E-state index contributed by atoms with van der Waals surface area (Å²) in [5, 5.41) is 9.29. The molecule has 0 aromatic rings. The van der Waals surface area contributed by atoms with Crippen LogP contribution in [0.15, 0.2) is 0 Å². The largest absolute Gasteiger partial charge is 0.481 e. The van der Waals surface area contributed by atoms with E-state index < -0.39 is 11.4 Å². The van der Waals surface area contributed by atoms with Crippen molar-refractivity contribution in [1.29, 1.82) is 0 Å². The summed E-state index contributed by atoms with van der Waals surface area (Å²) >= 11 is 0.